The van der Waals surface area contributed by atoms with Gasteiger partial charge in [0.2, 0.25) is 0 Å². The van der Waals surface area contributed by atoms with Crippen LogP contribution in [0.5, 0.6) is 0 Å². The molecule has 224 valence electrons. The minimum absolute atomic E-state index is 0.0899. The molecular formula is C25H28Br4N4O8. The summed E-state index contributed by atoms with van der Waals surface area (Å²) in [5, 5.41) is 34.9. The van der Waals surface area contributed by atoms with Crippen LogP contribution in [-0.4, -0.2) is 84.2 Å². The molecule has 16 heteroatoms. The Hall–Kier alpha value is -1.72. The molecule has 0 aromatic carbocycles. The van der Waals surface area contributed by atoms with Crippen molar-refractivity contribution in [1.82, 2.24) is 10.6 Å². The zero-order valence-electron chi connectivity index (χ0n) is 22.0. The van der Waals surface area contributed by atoms with Gasteiger partial charge in [0, 0.05) is 25.9 Å². The van der Waals surface area contributed by atoms with Crippen LogP contribution in [0.4, 0.5) is 0 Å². The molecule has 0 aromatic rings. The fourth-order valence-corrected chi connectivity index (χ4v) is 8.26. The second-order valence-electron chi connectivity index (χ2n) is 9.65. The third-order valence-electron chi connectivity index (χ3n) is 6.91. The smallest absolute Gasteiger partial charge is 0.269 e. The molecule has 0 radical (unpaired) electrons. The number of nitrogens with zero attached hydrogens (tertiary/aromatic N) is 2. The number of hydrogen-bond donors (Lipinski definition) is 4. The average Bonchev–Trinajstić information content (AvgIpc) is 3.56. The number of amides is 2. The quantitative estimate of drug-likeness (QED) is 0.245. The predicted molar refractivity (Wildman–Crippen MR) is 164 cm³/mol. The molecular weight excluding hydrogens is 804 g/mol. The first-order valence-electron chi connectivity index (χ1n) is 12.6. The number of aliphatic hydroxyl groups excluding tert-OH is 2. The lowest BCUT2D eigenvalue weighted by atomic mass is 9.87. The third-order valence-corrected chi connectivity index (χ3v) is 9.68. The number of carbonyl (C=O) groups excluding carboxylic acids is 2. The van der Waals surface area contributed by atoms with E-state index in [0.29, 0.717) is 55.4 Å². The molecule has 4 aliphatic rings. The second kappa shape index (κ2) is 13.3. The van der Waals surface area contributed by atoms with Gasteiger partial charge in [-0.3, -0.25) is 9.59 Å². The number of halogens is 4. The maximum absolute atomic E-state index is 12.6. The van der Waals surface area contributed by atoms with Crippen LogP contribution in [0.15, 0.2) is 51.9 Å². The Morgan fingerprint density at radius 1 is 0.829 bits per heavy atom. The maximum Gasteiger partial charge on any atom is 0.269 e. The van der Waals surface area contributed by atoms with Crippen LogP contribution >= 0.6 is 63.7 Å². The second-order valence-corrected chi connectivity index (χ2v) is 13.1. The molecule has 0 fully saturated rings. The lowest BCUT2D eigenvalue weighted by Gasteiger charge is -2.33. The Balaban J connectivity index is 1.14. The minimum Gasteiger partial charge on any atom is -0.495 e. The lowest BCUT2D eigenvalue weighted by Crippen LogP contribution is -2.45. The molecule has 0 unspecified atom stereocenters. The first kappa shape index (κ1) is 32.2. The van der Waals surface area contributed by atoms with Crippen LogP contribution in [0.3, 0.4) is 0 Å². The normalized spacial score (nSPS) is 29.0. The van der Waals surface area contributed by atoms with E-state index >= 15 is 0 Å². The van der Waals surface area contributed by atoms with Crippen LogP contribution in [0.1, 0.15) is 32.1 Å². The Morgan fingerprint density at radius 3 is 1.59 bits per heavy atom. The summed E-state index contributed by atoms with van der Waals surface area (Å²) >= 11 is 13.5. The molecule has 2 aliphatic heterocycles. The Kier molecular flexibility index (Phi) is 10.4. The number of nitrogens with one attached hydrogen (secondary N) is 2. The summed E-state index contributed by atoms with van der Waals surface area (Å²) in [7, 11) is 2.97. The highest BCUT2D eigenvalue weighted by Gasteiger charge is 2.51. The van der Waals surface area contributed by atoms with E-state index < -0.39 is 23.4 Å². The predicted octanol–water partition coefficient (Wildman–Crippen LogP) is 3.23. The Morgan fingerprint density at radius 2 is 1.22 bits per heavy atom. The fourth-order valence-electron chi connectivity index (χ4n) is 4.67. The topological polar surface area (TPSA) is 160 Å². The number of oxime groups is 2. The molecule has 4 N–H and O–H groups in total. The Labute approximate surface area is 269 Å². The van der Waals surface area contributed by atoms with E-state index in [9.17, 15) is 19.8 Å². The van der Waals surface area contributed by atoms with Crippen molar-refractivity contribution in [1.29, 1.82) is 0 Å². The SMILES string of the molecule is COC1=C(Br)[C@H](O)[C@@]2(C=C1Br)CC(C(=O)NCCCCCNC(=O)C1=NO[C@]3(C=C(Br)C(OC)=C(Br)[C@@H]3O)C1)=NO2. The molecule has 2 amide bonds. The van der Waals surface area contributed by atoms with E-state index in [2.05, 4.69) is 84.7 Å². The van der Waals surface area contributed by atoms with Gasteiger partial charge in [0.25, 0.3) is 11.8 Å². The molecule has 4 atom stereocenters. The molecule has 0 saturated heterocycles. The summed E-state index contributed by atoms with van der Waals surface area (Å²) in [6.45, 7) is 0.818. The molecule has 41 heavy (non-hydrogen) atoms. The van der Waals surface area contributed by atoms with Gasteiger partial charge in [0.1, 0.15) is 35.1 Å². The largest absolute Gasteiger partial charge is 0.495 e. The molecule has 12 nitrogen and oxygen atoms in total. The van der Waals surface area contributed by atoms with Crippen molar-refractivity contribution in [3.8, 4) is 0 Å². The van der Waals surface area contributed by atoms with Crippen molar-refractivity contribution in [2.24, 2.45) is 10.3 Å². The first-order chi connectivity index (χ1) is 19.5. The van der Waals surface area contributed by atoms with Crippen LogP contribution in [0, 0.1) is 0 Å². The summed E-state index contributed by atoms with van der Waals surface area (Å²) in [5.41, 5.74) is -2.06. The Bertz CT molecular complexity index is 1200. The first-order valence-corrected chi connectivity index (χ1v) is 15.7. The number of carbonyl (C=O) groups is 2. The minimum atomic E-state index is -1.21. The highest BCUT2D eigenvalue weighted by atomic mass is 79.9. The van der Waals surface area contributed by atoms with Gasteiger partial charge in [0.15, 0.2) is 11.2 Å². The molecule has 0 saturated carbocycles. The van der Waals surface area contributed by atoms with E-state index in [0.717, 1.165) is 6.42 Å². The maximum atomic E-state index is 12.6. The number of rotatable bonds is 10. The summed E-state index contributed by atoms with van der Waals surface area (Å²) in [5.74, 6) is 0.133. The van der Waals surface area contributed by atoms with Crippen molar-refractivity contribution in [3.63, 3.8) is 0 Å². The van der Waals surface area contributed by atoms with E-state index in [1.54, 1.807) is 12.2 Å². The monoisotopic (exact) mass is 828 g/mol. The van der Waals surface area contributed by atoms with Crippen molar-refractivity contribution >= 4 is 87.0 Å². The summed E-state index contributed by atoms with van der Waals surface area (Å²) in [6.07, 6.45) is 3.39. The molecule has 2 aliphatic carbocycles. The van der Waals surface area contributed by atoms with Gasteiger partial charge in [-0.2, -0.15) is 0 Å². The summed E-state index contributed by atoms with van der Waals surface area (Å²) < 4.78 is 12.5. The van der Waals surface area contributed by atoms with Gasteiger partial charge in [-0.1, -0.05) is 10.3 Å². The van der Waals surface area contributed by atoms with E-state index in [4.69, 9.17) is 19.1 Å². The number of methoxy groups -OCH3 is 2. The fraction of sp³-hybridized carbons (Fsp3) is 0.520. The van der Waals surface area contributed by atoms with Gasteiger partial charge in [-0.15, -0.1) is 0 Å². The van der Waals surface area contributed by atoms with Gasteiger partial charge >= 0.3 is 0 Å². The molecule has 2 heterocycles. The van der Waals surface area contributed by atoms with Crippen molar-refractivity contribution in [2.75, 3.05) is 27.3 Å². The highest BCUT2D eigenvalue weighted by molar-refractivity contribution is 9.12. The summed E-state index contributed by atoms with van der Waals surface area (Å²) in [6, 6.07) is 0. The summed E-state index contributed by atoms with van der Waals surface area (Å²) in [4.78, 5) is 36.2. The zero-order valence-corrected chi connectivity index (χ0v) is 28.4. The zero-order chi connectivity index (χ0) is 29.9. The van der Waals surface area contributed by atoms with Gasteiger partial charge in [-0.05, 0) is 95.1 Å². The van der Waals surface area contributed by atoms with Gasteiger partial charge in [-0.25, -0.2) is 0 Å². The van der Waals surface area contributed by atoms with Crippen LogP contribution in [0.25, 0.3) is 0 Å². The van der Waals surface area contributed by atoms with Crippen LogP contribution in [0.2, 0.25) is 0 Å². The highest BCUT2D eigenvalue weighted by Crippen LogP contribution is 2.45. The average molecular weight is 832 g/mol. The van der Waals surface area contributed by atoms with Crippen LogP contribution in [-0.2, 0) is 28.7 Å². The van der Waals surface area contributed by atoms with Crippen molar-refractivity contribution in [3.05, 3.63) is 41.6 Å². The molecule has 0 bridgehead atoms. The molecule has 0 aromatic heterocycles. The van der Waals surface area contributed by atoms with Gasteiger partial charge < -0.3 is 40.0 Å². The third kappa shape index (κ3) is 6.47. The number of ether oxygens (including phenoxy) is 2. The number of allylic oxidation sites excluding steroid dienone is 2. The van der Waals surface area contributed by atoms with Crippen molar-refractivity contribution in [2.45, 2.75) is 55.5 Å². The number of unbranched alkanes of at least 4 members (excludes halogenated alkanes) is 2. The molecule has 2 spiro atoms. The number of hydrogen-bond acceptors (Lipinski definition) is 10. The number of aliphatic hydroxyl groups is 2. The van der Waals surface area contributed by atoms with E-state index in [1.807, 2.05) is 0 Å². The molecule has 4 rings (SSSR count). The van der Waals surface area contributed by atoms with E-state index in [-0.39, 0.29) is 36.1 Å². The standard InChI is InChI=1S/C25H28Br4N4O8/c1-38-18-12(26)8-24(20(34)16(18)28)10-14(32-40-24)22(36)30-6-4-3-5-7-31-23(37)15-11-25(41-33-15)9-13(27)19(39-2)17(29)21(25)35/h8-9,20-21,34-35H,3-7,10-11H2,1-2H3,(H,30,36)(H,31,37)/t20-,21-,24+,25+/m0/s1. The van der Waals surface area contributed by atoms with Crippen molar-refractivity contribution < 1.29 is 39.0 Å². The lowest BCUT2D eigenvalue weighted by molar-refractivity contribution is -0.115. The van der Waals surface area contributed by atoms with Crippen LogP contribution < -0.4 is 10.6 Å². The van der Waals surface area contributed by atoms with Gasteiger partial charge in [0.05, 0.1) is 32.1 Å². The van der Waals surface area contributed by atoms with E-state index in [1.165, 1.54) is 14.2 Å².